The van der Waals surface area contributed by atoms with Gasteiger partial charge in [-0.3, -0.25) is 4.79 Å². The maximum atomic E-state index is 11.7. The van der Waals surface area contributed by atoms with Crippen LogP contribution in [0.5, 0.6) is 5.75 Å². The monoisotopic (exact) mass is 301 g/mol. The Bertz CT molecular complexity index is 619. The maximum absolute atomic E-state index is 11.7. The van der Waals surface area contributed by atoms with Crippen molar-refractivity contribution in [2.45, 2.75) is 13.8 Å². The zero-order valence-corrected chi connectivity index (χ0v) is 12.6. The largest absolute Gasteiger partial charge is 0.494 e. The Morgan fingerprint density at radius 2 is 2.05 bits per heavy atom. The number of hydrogen-bond acceptors (Lipinski definition) is 5. The van der Waals surface area contributed by atoms with Crippen molar-refractivity contribution in [1.29, 1.82) is 0 Å². The van der Waals surface area contributed by atoms with Gasteiger partial charge in [-0.05, 0) is 50.2 Å². The first-order chi connectivity index (χ1) is 10.7. The molecule has 0 aliphatic heterocycles. The number of nitrogens with zero attached hydrogens (tertiary/aromatic N) is 1. The van der Waals surface area contributed by atoms with Crippen LogP contribution in [-0.2, 0) is 4.79 Å². The van der Waals surface area contributed by atoms with Crippen LogP contribution in [0.3, 0.4) is 0 Å². The van der Waals surface area contributed by atoms with E-state index in [4.69, 9.17) is 9.15 Å². The van der Waals surface area contributed by atoms with Crippen molar-refractivity contribution in [2.75, 3.05) is 18.5 Å². The summed E-state index contributed by atoms with van der Waals surface area (Å²) in [6.07, 6.45) is 1.56. The van der Waals surface area contributed by atoms with Crippen molar-refractivity contribution in [1.82, 2.24) is 5.43 Å². The fourth-order valence-electron chi connectivity index (χ4n) is 1.74. The molecule has 0 spiro atoms. The van der Waals surface area contributed by atoms with Gasteiger partial charge in [-0.1, -0.05) is 0 Å². The number of anilines is 1. The zero-order chi connectivity index (χ0) is 15.8. The van der Waals surface area contributed by atoms with Gasteiger partial charge in [0, 0.05) is 5.69 Å². The predicted octanol–water partition coefficient (Wildman–Crippen LogP) is 2.63. The molecule has 116 valence electrons. The lowest BCUT2D eigenvalue weighted by Crippen LogP contribution is -2.26. The number of furan rings is 1. The minimum atomic E-state index is -0.236. The van der Waals surface area contributed by atoms with Gasteiger partial charge in [0.1, 0.15) is 17.2 Å². The Kier molecular flexibility index (Phi) is 5.59. The molecule has 2 rings (SSSR count). The van der Waals surface area contributed by atoms with E-state index in [1.807, 2.05) is 31.2 Å². The molecule has 0 saturated carbocycles. The number of rotatable bonds is 7. The van der Waals surface area contributed by atoms with Crippen LogP contribution < -0.4 is 15.5 Å². The Labute approximate surface area is 129 Å². The molecule has 0 saturated heterocycles. The topological polar surface area (TPSA) is 75.9 Å². The second-order valence-corrected chi connectivity index (χ2v) is 4.52. The number of ether oxygens (including phenoxy) is 1. The van der Waals surface area contributed by atoms with Crippen LogP contribution in [0.2, 0.25) is 0 Å². The Balaban J connectivity index is 1.79. The van der Waals surface area contributed by atoms with Crippen molar-refractivity contribution in [3.63, 3.8) is 0 Å². The molecule has 1 aromatic carbocycles. The average molecular weight is 301 g/mol. The summed E-state index contributed by atoms with van der Waals surface area (Å²) in [5, 5.41) is 6.99. The molecule has 22 heavy (non-hydrogen) atoms. The zero-order valence-electron chi connectivity index (χ0n) is 12.6. The van der Waals surface area contributed by atoms with Crippen LogP contribution in [-0.4, -0.2) is 24.8 Å². The van der Waals surface area contributed by atoms with Crippen molar-refractivity contribution >= 4 is 17.3 Å². The van der Waals surface area contributed by atoms with Crippen LogP contribution in [0, 0.1) is 0 Å². The fourth-order valence-corrected chi connectivity index (χ4v) is 1.74. The average Bonchev–Trinajstić information content (AvgIpc) is 3.07. The highest BCUT2D eigenvalue weighted by Crippen LogP contribution is 2.15. The van der Waals surface area contributed by atoms with Crippen molar-refractivity contribution in [2.24, 2.45) is 5.10 Å². The molecule has 2 N–H and O–H groups in total. The minimum Gasteiger partial charge on any atom is -0.494 e. The Morgan fingerprint density at radius 1 is 1.27 bits per heavy atom. The first kappa shape index (κ1) is 15.6. The van der Waals surface area contributed by atoms with Crippen molar-refractivity contribution < 1.29 is 13.9 Å². The van der Waals surface area contributed by atoms with E-state index in [0.717, 1.165) is 11.4 Å². The highest BCUT2D eigenvalue weighted by molar-refractivity contribution is 5.96. The number of carbonyl (C=O) groups excluding carboxylic acids is 1. The molecule has 1 aromatic heterocycles. The van der Waals surface area contributed by atoms with Crippen LogP contribution >= 0.6 is 0 Å². The van der Waals surface area contributed by atoms with Gasteiger partial charge in [-0.15, -0.1) is 0 Å². The molecule has 0 aliphatic rings. The molecule has 0 radical (unpaired) electrons. The fraction of sp³-hybridized carbons (Fsp3) is 0.250. The lowest BCUT2D eigenvalue weighted by atomic mass is 10.3. The predicted molar refractivity (Wildman–Crippen MR) is 85.2 cm³/mol. The third-order valence-electron chi connectivity index (χ3n) is 2.84. The van der Waals surface area contributed by atoms with E-state index in [-0.39, 0.29) is 12.5 Å². The van der Waals surface area contributed by atoms with Crippen molar-refractivity contribution in [3.05, 3.63) is 48.4 Å². The molecule has 0 aliphatic carbocycles. The molecular weight excluding hydrogens is 282 g/mol. The summed E-state index contributed by atoms with van der Waals surface area (Å²) in [4.78, 5) is 11.7. The van der Waals surface area contributed by atoms with Gasteiger partial charge in [0.05, 0.1) is 19.4 Å². The van der Waals surface area contributed by atoms with E-state index in [0.29, 0.717) is 18.1 Å². The molecule has 0 fully saturated rings. The Morgan fingerprint density at radius 3 is 2.68 bits per heavy atom. The summed E-state index contributed by atoms with van der Waals surface area (Å²) in [5.41, 5.74) is 3.92. The molecule has 1 amide bonds. The SMILES string of the molecule is CCOc1ccc(NCC(=O)N/N=C(\C)c2ccco2)cc1. The summed E-state index contributed by atoms with van der Waals surface area (Å²) in [6.45, 7) is 4.45. The lowest BCUT2D eigenvalue weighted by Gasteiger charge is -2.07. The van der Waals surface area contributed by atoms with E-state index < -0.39 is 0 Å². The van der Waals surface area contributed by atoms with Crippen LogP contribution in [0.4, 0.5) is 5.69 Å². The van der Waals surface area contributed by atoms with Gasteiger partial charge < -0.3 is 14.5 Å². The number of nitrogens with one attached hydrogen (secondary N) is 2. The minimum absolute atomic E-state index is 0.128. The lowest BCUT2D eigenvalue weighted by molar-refractivity contribution is -0.119. The van der Waals surface area contributed by atoms with E-state index in [2.05, 4.69) is 15.8 Å². The molecule has 6 heteroatoms. The van der Waals surface area contributed by atoms with Crippen molar-refractivity contribution in [3.8, 4) is 5.75 Å². The number of carbonyl (C=O) groups is 1. The van der Waals surface area contributed by atoms with Crippen LogP contribution in [0.25, 0.3) is 0 Å². The number of amides is 1. The highest BCUT2D eigenvalue weighted by atomic mass is 16.5. The summed E-state index contributed by atoms with van der Waals surface area (Å²) < 4.78 is 10.5. The standard InChI is InChI=1S/C16H19N3O3/c1-3-21-14-8-6-13(7-9-14)17-11-16(20)19-18-12(2)15-5-4-10-22-15/h4-10,17H,3,11H2,1-2H3,(H,19,20)/b18-12+. The third-order valence-corrected chi connectivity index (χ3v) is 2.84. The molecule has 0 bridgehead atoms. The van der Waals surface area contributed by atoms with Gasteiger partial charge >= 0.3 is 0 Å². The molecule has 0 unspecified atom stereocenters. The normalized spacial score (nSPS) is 11.1. The molecule has 0 atom stereocenters. The molecule has 1 heterocycles. The highest BCUT2D eigenvalue weighted by Gasteiger charge is 2.03. The van der Waals surface area contributed by atoms with Gasteiger partial charge in [0.25, 0.3) is 5.91 Å². The molecule has 2 aromatic rings. The van der Waals surface area contributed by atoms with E-state index in [1.54, 1.807) is 25.3 Å². The summed E-state index contributed by atoms with van der Waals surface area (Å²) >= 11 is 0. The second-order valence-electron chi connectivity index (χ2n) is 4.52. The third kappa shape index (κ3) is 4.66. The first-order valence-corrected chi connectivity index (χ1v) is 7.02. The van der Waals surface area contributed by atoms with Gasteiger partial charge in [-0.2, -0.15) is 5.10 Å². The van der Waals surface area contributed by atoms with Gasteiger partial charge in [-0.25, -0.2) is 5.43 Å². The number of benzene rings is 1. The number of hydrogen-bond donors (Lipinski definition) is 2. The molecule has 6 nitrogen and oxygen atoms in total. The first-order valence-electron chi connectivity index (χ1n) is 7.02. The van der Waals surface area contributed by atoms with Crippen LogP contribution in [0.15, 0.2) is 52.2 Å². The summed E-state index contributed by atoms with van der Waals surface area (Å²) in [5.74, 6) is 1.19. The summed E-state index contributed by atoms with van der Waals surface area (Å²) in [6, 6.07) is 11.0. The van der Waals surface area contributed by atoms with E-state index >= 15 is 0 Å². The maximum Gasteiger partial charge on any atom is 0.259 e. The summed E-state index contributed by atoms with van der Waals surface area (Å²) in [7, 11) is 0. The van der Waals surface area contributed by atoms with E-state index in [9.17, 15) is 4.79 Å². The van der Waals surface area contributed by atoms with Gasteiger partial charge in [0.2, 0.25) is 0 Å². The number of hydrazone groups is 1. The second kappa shape index (κ2) is 7.87. The van der Waals surface area contributed by atoms with Gasteiger partial charge in [0.15, 0.2) is 0 Å². The quantitative estimate of drug-likeness (QED) is 0.609. The smallest absolute Gasteiger partial charge is 0.259 e. The van der Waals surface area contributed by atoms with E-state index in [1.165, 1.54) is 0 Å². The molecular formula is C16H19N3O3. The van der Waals surface area contributed by atoms with Crippen LogP contribution in [0.1, 0.15) is 19.6 Å². The Hall–Kier alpha value is -2.76.